The lowest BCUT2D eigenvalue weighted by atomic mass is 10.3. The summed E-state index contributed by atoms with van der Waals surface area (Å²) in [7, 11) is 3.54. The molecule has 23 heavy (non-hydrogen) atoms. The van der Waals surface area contributed by atoms with E-state index in [-0.39, 0.29) is 11.2 Å². The Morgan fingerprint density at radius 2 is 1.87 bits per heavy atom. The lowest BCUT2D eigenvalue weighted by molar-refractivity contribution is -0.137. The molecule has 0 aliphatic heterocycles. The Morgan fingerprint density at radius 1 is 1.17 bits per heavy atom. The van der Waals surface area contributed by atoms with Gasteiger partial charge in [0.05, 0.1) is 15.8 Å². The Morgan fingerprint density at radius 3 is 2.39 bits per heavy atom. The van der Waals surface area contributed by atoms with E-state index in [9.17, 15) is 13.2 Å². The average Bonchev–Trinajstić information content (AvgIpc) is 2.46. The van der Waals surface area contributed by atoms with Crippen LogP contribution in [0.1, 0.15) is 23.6 Å². The standard InChI is InChI=1S/C13H15F3N6S/c1-7(10-19-11(17)21-12(20-10)22(2)3)23-9-5-4-8(6-18-9)13(14,15)16/h4-7H,1-3H3,(H2,17,19,20,21). The molecule has 0 saturated heterocycles. The third kappa shape index (κ3) is 4.44. The maximum Gasteiger partial charge on any atom is 0.417 e. The quantitative estimate of drug-likeness (QED) is 0.854. The van der Waals surface area contributed by atoms with Crippen molar-refractivity contribution in [3.05, 3.63) is 29.7 Å². The number of nitrogens with zero attached hydrogens (tertiary/aromatic N) is 5. The Balaban J connectivity index is 2.17. The zero-order chi connectivity index (χ0) is 17.2. The van der Waals surface area contributed by atoms with Crippen LogP contribution in [-0.2, 0) is 6.18 Å². The first-order valence-corrected chi connectivity index (χ1v) is 7.43. The predicted octanol–water partition coefficient (Wildman–Crippen LogP) is 2.79. The molecule has 10 heteroatoms. The molecule has 1 atom stereocenters. The minimum atomic E-state index is -4.40. The van der Waals surface area contributed by atoms with Crippen LogP contribution in [0.5, 0.6) is 0 Å². The summed E-state index contributed by atoms with van der Waals surface area (Å²) in [5.74, 6) is 0.944. The summed E-state index contributed by atoms with van der Waals surface area (Å²) in [6, 6.07) is 2.32. The van der Waals surface area contributed by atoms with Gasteiger partial charge < -0.3 is 10.6 Å². The molecule has 1 unspecified atom stereocenters. The van der Waals surface area contributed by atoms with Crippen molar-refractivity contribution in [2.24, 2.45) is 0 Å². The van der Waals surface area contributed by atoms with Crippen LogP contribution in [-0.4, -0.2) is 34.0 Å². The van der Waals surface area contributed by atoms with Gasteiger partial charge in [-0.25, -0.2) is 4.98 Å². The van der Waals surface area contributed by atoms with Gasteiger partial charge in [-0.2, -0.15) is 28.1 Å². The van der Waals surface area contributed by atoms with E-state index < -0.39 is 11.7 Å². The number of hydrogen-bond donors (Lipinski definition) is 1. The smallest absolute Gasteiger partial charge is 0.368 e. The topological polar surface area (TPSA) is 80.8 Å². The van der Waals surface area contributed by atoms with Crippen LogP contribution >= 0.6 is 11.8 Å². The fourth-order valence-corrected chi connectivity index (χ4v) is 2.46. The number of halogens is 3. The van der Waals surface area contributed by atoms with Gasteiger partial charge in [-0.15, -0.1) is 0 Å². The summed E-state index contributed by atoms with van der Waals surface area (Å²) >= 11 is 1.24. The molecular weight excluding hydrogens is 329 g/mol. The van der Waals surface area contributed by atoms with Gasteiger partial charge in [-0.3, -0.25) is 0 Å². The lowest BCUT2D eigenvalue weighted by Crippen LogP contribution is -2.16. The molecule has 2 aromatic heterocycles. The molecule has 0 bridgehead atoms. The van der Waals surface area contributed by atoms with Crippen LogP contribution in [0.15, 0.2) is 23.4 Å². The van der Waals surface area contributed by atoms with Crippen molar-refractivity contribution in [2.75, 3.05) is 24.7 Å². The van der Waals surface area contributed by atoms with Crippen molar-refractivity contribution in [1.82, 2.24) is 19.9 Å². The molecule has 0 aliphatic rings. The van der Waals surface area contributed by atoms with Crippen LogP contribution in [0.4, 0.5) is 25.1 Å². The minimum absolute atomic E-state index is 0.0894. The number of aromatic nitrogens is 4. The molecular formula is C13H15F3N6S. The van der Waals surface area contributed by atoms with Crippen LogP contribution in [0.3, 0.4) is 0 Å². The molecule has 2 heterocycles. The van der Waals surface area contributed by atoms with Gasteiger partial charge in [-0.05, 0) is 19.1 Å². The largest absolute Gasteiger partial charge is 0.417 e. The molecule has 2 aromatic rings. The van der Waals surface area contributed by atoms with Crippen LogP contribution < -0.4 is 10.6 Å². The number of rotatable bonds is 4. The van der Waals surface area contributed by atoms with Crippen molar-refractivity contribution in [1.29, 1.82) is 0 Å². The summed E-state index contributed by atoms with van der Waals surface area (Å²) in [6.45, 7) is 1.82. The summed E-state index contributed by atoms with van der Waals surface area (Å²) in [4.78, 5) is 17.9. The number of hydrogen-bond acceptors (Lipinski definition) is 7. The van der Waals surface area contributed by atoms with Crippen LogP contribution in [0.25, 0.3) is 0 Å². The van der Waals surface area contributed by atoms with Crippen LogP contribution in [0.2, 0.25) is 0 Å². The first kappa shape index (κ1) is 17.3. The Hall–Kier alpha value is -2.10. The van der Waals surface area contributed by atoms with E-state index in [1.807, 2.05) is 6.92 Å². The lowest BCUT2D eigenvalue weighted by Gasteiger charge is -2.14. The molecule has 2 N–H and O–H groups in total. The number of nitrogen functional groups attached to an aromatic ring is 1. The predicted molar refractivity (Wildman–Crippen MR) is 82.1 cm³/mol. The van der Waals surface area contributed by atoms with E-state index in [2.05, 4.69) is 19.9 Å². The molecule has 0 spiro atoms. The molecule has 0 amide bonds. The molecule has 6 nitrogen and oxygen atoms in total. The average molecular weight is 344 g/mol. The molecule has 2 rings (SSSR count). The van der Waals surface area contributed by atoms with E-state index >= 15 is 0 Å². The Kier molecular flexibility index (Phi) is 4.93. The van der Waals surface area contributed by atoms with E-state index in [4.69, 9.17) is 5.73 Å². The Labute approximate surface area is 135 Å². The summed E-state index contributed by atoms with van der Waals surface area (Å²) in [5, 5.41) is 0.194. The van der Waals surface area contributed by atoms with Crippen molar-refractivity contribution in [2.45, 2.75) is 23.4 Å². The summed E-state index contributed by atoms with van der Waals surface area (Å²) < 4.78 is 37.6. The van der Waals surface area contributed by atoms with E-state index in [1.54, 1.807) is 19.0 Å². The molecule has 0 aliphatic carbocycles. The summed E-state index contributed by atoms with van der Waals surface area (Å²) in [5.41, 5.74) is 4.87. The fraction of sp³-hybridized carbons (Fsp3) is 0.385. The zero-order valence-electron chi connectivity index (χ0n) is 12.7. The fourth-order valence-electron chi connectivity index (χ4n) is 1.63. The number of alkyl halides is 3. The molecule has 0 fully saturated rings. The number of anilines is 2. The first-order valence-electron chi connectivity index (χ1n) is 6.55. The maximum atomic E-state index is 12.5. The maximum absolute atomic E-state index is 12.5. The highest BCUT2D eigenvalue weighted by atomic mass is 32.2. The third-order valence-corrected chi connectivity index (χ3v) is 3.83. The van der Waals surface area contributed by atoms with Gasteiger partial charge in [0.1, 0.15) is 5.82 Å². The van der Waals surface area contributed by atoms with E-state index in [1.165, 1.54) is 17.8 Å². The van der Waals surface area contributed by atoms with Crippen LogP contribution in [0, 0.1) is 0 Å². The highest BCUT2D eigenvalue weighted by molar-refractivity contribution is 7.99. The first-order chi connectivity index (χ1) is 10.7. The number of thioether (sulfide) groups is 1. The van der Waals surface area contributed by atoms with Gasteiger partial charge in [0.25, 0.3) is 0 Å². The Bertz CT molecular complexity index is 674. The summed E-state index contributed by atoms with van der Waals surface area (Å²) in [6.07, 6.45) is -3.59. The van der Waals surface area contributed by atoms with Crippen molar-refractivity contribution in [3.63, 3.8) is 0 Å². The van der Waals surface area contributed by atoms with Gasteiger partial charge in [0.2, 0.25) is 11.9 Å². The van der Waals surface area contributed by atoms with Crippen molar-refractivity contribution >= 4 is 23.7 Å². The van der Waals surface area contributed by atoms with Crippen molar-refractivity contribution in [3.8, 4) is 0 Å². The highest BCUT2D eigenvalue weighted by Gasteiger charge is 2.30. The second kappa shape index (κ2) is 6.57. The molecule has 124 valence electrons. The van der Waals surface area contributed by atoms with E-state index in [0.717, 1.165) is 12.3 Å². The number of pyridine rings is 1. The third-order valence-electron chi connectivity index (χ3n) is 2.78. The molecule has 0 saturated carbocycles. The van der Waals surface area contributed by atoms with Gasteiger partial charge in [-0.1, -0.05) is 11.8 Å². The molecule has 0 aromatic carbocycles. The van der Waals surface area contributed by atoms with Gasteiger partial charge >= 0.3 is 6.18 Å². The van der Waals surface area contributed by atoms with Crippen molar-refractivity contribution < 1.29 is 13.2 Å². The monoisotopic (exact) mass is 344 g/mol. The molecule has 0 radical (unpaired) electrons. The van der Waals surface area contributed by atoms with Gasteiger partial charge in [0.15, 0.2) is 0 Å². The number of nitrogens with two attached hydrogens (primary N) is 1. The minimum Gasteiger partial charge on any atom is -0.368 e. The highest BCUT2D eigenvalue weighted by Crippen LogP contribution is 2.34. The normalized spacial score (nSPS) is 13.0. The van der Waals surface area contributed by atoms with Gasteiger partial charge in [0, 0.05) is 20.3 Å². The SMILES string of the molecule is CC(Sc1ccc(C(F)(F)F)cn1)c1nc(N)nc(N(C)C)n1. The van der Waals surface area contributed by atoms with E-state index in [0.29, 0.717) is 16.8 Å². The zero-order valence-corrected chi connectivity index (χ0v) is 13.5. The second-order valence-electron chi connectivity index (χ2n) is 4.89. The second-order valence-corrected chi connectivity index (χ2v) is 6.25.